The standard InChI is InChI=1S/C21H29NO2/c1-4-6-7-8-9-13-22-14-12-19-16-18(10-11-20(19)22)17(3)15-21(23)24-5-2/h10-12,14-16H,4-9,13H2,1-3H3/b17-15+. The fourth-order valence-electron chi connectivity index (χ4n) is 2.97. The highest BCUT2D eigenvalue weighted by Gasteiger charge is 2.05. The molecule has 2 rings (SSSR count). The number of hydrogen-bond donors (Lipinski definition) is 0. The predicted molar refractivity (Wildman–Crippen MR) is 101 cm³/mol. The zero-order chi connectivity index (χ0) is 17.4. The van der Waals surface area contributed by atoms with E-state index in [1.807, 2.05) is 13.8 Å². The highest BCUT2D eigenvalue weighted by molar-refractivity contribution is 5.92. The van der Waals surface area contributed by atoms with Crippen LogP contribution in [0.1, 0.15) is 58.4 Å². The number of carbonyl (C=O) groups excluding carboxylic acids is 1. The van der Waals surface area contributed by atoms with E-state index in [9.17, 15) is 4.79 Å². The van der Waals surface area contributed by atoms with Gasteiger partial charge in [-0.3, -0.25) is 0 Å². The minimum atomic E-state index is -0.278. The molecule has 1 aromatic carbocycles. The van der Waals surface area contributed by atoms with Crippen LogP contribution >= 0.6 is 0 Å². The van der Waals surface area contributed by atoms with Gasteiger partial charge in [-0.1, -0.05) is 38.7 Å². The van der Waals surface area contributed by atoms with E-state index in [-0.39, 0.29) is 5.97 Å². The first-order valence-electron chi connectivity index (χ1n) is 9.10. The third-order valence-electron chi connectivity index (χ3n) is 4.35. The van der Waals surface area contributed by atoms with Gasteiger partial charge in [0.15, 0.2) is 0 Å². The summed E-state index contributed by atoms with van der Waals surface area (Å²) in [5.74, 6) is -0.278. The number of ether oxygens (including phenoxy) is 1. The van der Waals surface area contributed by atoms with E-state index in [1.54, 1.807) is 6.08 Å². The Morgan fingerprint density at radius 2 is 1.92 bits per heavy atom. The van der Waals surface area contributed by atoms with Crippen LogP contribution in [0.15, 0.2) is 36.5 Å². The summed E-state index contributed by atoms with van der Waals surface area (Å²) in [5.41, 5.74) is 3.26. The average Bonchev–Trinajstić information content (AvgIpc) is 2.97. The Bertz CT molecular complexity index is 697. The Morgan fingerprint density at radius 3 is 2.67 bits per heavy atom. The van der Waals surface area contributed by atoms with Crippen LogP contribution in [0.5, 0.6) is 0 Å². The van der Waals surface area contributed by atoms with E-state index in [4.69, 9.17) is 4.74 Å². The summed E-state index contributed by atoms with van der Waals surface area (Å²) in [6.07, 6.45) is 10.2. The fourth-order valence-corrected chi connectivity index (χ4v) is 2.97. The van der Waals surface area contributed by atoms with Crippen molar-refractivity contribution in [1.29, 1.82) is 0 Å². The van der Waals surface area contributed by atoms with Gasteiger partial charge in [0.1, 0.15) is 0 Å². The largest absolute Gasteiger partial charge is 0.463 e. The first-order chi connectivity index (χ1) is 11.7. The highest BCUT2D eigenvalue weighted by atomic mass is 16.5. The number of rotatable bonds is 9. The zero-order valence-electron chi connectivity index (χ0n) is 15.2. The van der Waals surface area contributed by atoms with Crippen LogP contribution in [-0.4, -0.2) is 17.1 Å². The van der Waals surface area contributed by atoms with Gasteiger partial charge in [0.2, 0.25) is 0 Å². The van der Waals surface area contributed by atoms with Crippen molar-refractivity contribution in [2.45, 2.75) is 59.4 Å². The number of allylic oxidation sites excluding steroid dienone is 1. The van der Waals surface area contributed by atoms with Gasteiger partial charge in [-0.15, -0.1) is 0 Å². The normalized spacial score (nSPS) is 11.9. The maximum atomic E-state index is 11.6. The van der Waals surface area contributed by atoms with E-state index >= 15 is 0 Å². The predicted octanol–water partition coefficient (Wildman–Crippen LogP) is 5.58. The van der Waals surface area contributed by atoms with Crippen LogP contribution in [0.2, 0.25) is 0 Å². The van der Waals surface area contributed by atoms with Gasteiger partial charge in [0.05, 0.1) is 6.61 Å². The van der Waals surface area contributed by atoms with Crippen LogP contribution in [0.3, 0.4) is 0 Å². The molecule has 2 aromatic rings. The number of carbonyl (C=O) groups is 1. The number of aromatic nitrogens is 1. The van der Waals surface area contributed by atoms with Crippen LogP contribution in [0.4, 0.5) is 0 Å². The molecule has 24 heavy (non-hydrogen) atoms. The molecule has 0 fully saturated rings. The number of unbranched alkanes of at least 4 members (excludes halogenated alkanes) is 4. The molecule has 1 aromatic heterocycles. The zero-order valence-corrected chi connectivity index (χ0v) is 15.2. The van der Waals surface area contributed by atoms with Crippen LogP contribution in [0.25, 0.3) is 16.5 Å². The van der Waals surface area contributed by atoms with Crippen molar-refractivity contribution < 1.29 is 9.53 Å². The lowest BCUT2D eigenvalue weighted by Gasteiger charge is -2.07. The van der Waals surface area contributed by atoms with Crippen molar-refractivity contribution in [1.82, 2.24) is 4.57 Å². The summed E-state index contributed by atoms with van der Waals surface area (Å²) in [4.78, 5) is 11.6. The maximum absolute atomic E-state index is 11.6. The molecule has 0 aliphatic heterocycles. The molecule has 0 unspecified atom stereocenters. The molecular formula is C21H29NO2. The van der Waals surface area contributed by atoms with Gasteiger partial charge >= 0.3 is 5.97 Å². The SMILES string of the molecule is CCCCCCCn1ccc2cc(/C(C)=C/C(=O)OCC)ccc21. The smallest absolute Gasteiger partial charge is 0.331 e. The number of esters is 1. The molecular weight excluding hydrogens is 298 g/mol. The van der Waals surface area contributed by atoms with E-state index in [0.717, 1.165) is 17.7 Å². The fraction of sp³-hybridized carbons (Fsp3) is 0.476. The minimum Gasteiger partial charge on any atom is -0.463 e. The molecule has 0 atom stereocenters. The van der Waals surface area contributed by atoms with Gasteiger partial charge in [0.25, 0.3) is 0 Å². The molecule has 0 bridgehead atoms. The molecule has 0 aliphatic rings. The van der Waals surface area contributed by atoms with Gasteiger partial charge in [-0.25, -0.2) is 4.79 Å². The number of nitrogens with zero attached hydrogens (tertiary/aromatic N) is 1. The first-order valence-corrected chi connectivity index (χ1v) is 9.10. The summed E-state index contributed by atoms with van der Waals surface area (Å²) < 4.78 is 7.31. The molecule has 0 spiro atoms. The molecule has 0 saturated carbocycles. The van der Waals surface area contributed by atoms with E-state index in [2.05, 4.69) is 42.0 Å². The summed E-state index contributed by atoms with van der Waals surface area (Å²) in [7, 11) is 0. The van der Waals surface area contributed by atoms with Crippen molar-refractivity contribution in [3.05, 3.63) is 42.1 Å². The molecule has 1 heterocycles. The van der Waals surface area contributed by atoms with Crippen LogP contribution in [0, 0.1) is 0 Å². The number of hydrogen-bond acceptors (Lipinski definition) is 2. The molecule has 0 saturated heterocycles. The molecule has 130 valence electrons. The Hall–Kier alpha value is -2.03. The Balaban J connectivity index is 2.06. The van der Waals surface area contributed by atoms with Crippen molar-refractivity contribution in [2.24, 2.45) is 0 Å². The Kier molecular flexibility index (Phi) is 7.10. The molecule has 0 amide bonds. The van der Waals surface area contributed by atoms with Gasteiger partial charge in [0, 0.05) is 29.7 Å². The van der Waals surface area contributed by atoms with Crippen molar-refractivity contribution in [3.8, 4) is 0 Å². The number of benzene rings is 1. The molecule has 0 aliphatic carbocycles. The van der Waals surface area contributed by atoms with Gasteiger partial charge in [-0.2, -0.15) is 0 Å². The third kappa shape index (κ3) is 4.98. The molecule has 0 radical (unpaired) electrons. The number of fused-ring (bicyclic) bond motifs is 1. The molecule has 3 heteroatoms. The van der Waals surface area contributed by atoms with Gasteiger partial charge in [-0.05, 0) is 49.6 Å². The minimum absolute atomic E-state index is 0.278. The van der Waals surface area contributed by atoms with Gasteiger partial charge < -0.3 is 9.30 Å². The first kappa shape index (κ1) is 18.3. The Morgan fingerprint density at radius 1 is 1.12 bits per heavy atom. The van der Waals surface area contributed by atoms with E-state index < -0.39 is 0 Å². The van der Waals surface area contributed by atoms with E-state index in [0.29, 0.717) is 6.61 Å². The second-order valence-electron chi connectivity index (χ2n) is 6.28. The Labute approximate surface area is 145 Å². The van der Waals surface area contributed by atoms with Crippen LogP contribution in [-0.2, 0) is 16.1 Å². The summed E-state index contributed by atoms with van der Waals surface area (Å²) in [6.45, 7) is 7.49. The summed E-state index contributed by atoms with van der Waals surface area (Å²) in [5, 5.41) is 1.22. The van der Waals surface area contributed by atoms with Crippen LogP contribution < -0.4 is 0 Å². The monoisotopic (exact) mass is 327 g/mol. The highest BCUT2D eigenvalue weighted by Crippen LogP contribution is 2.23. The average molecular weight is 327 g/mol. The third-order valence-corrected chi connectivity index (χ3v) is 4.35. The topological polar surface area (TPSA) is 31.2 Å². The maximum Gasteiger partial charge on any atom is 0.331 e. The van der Waals surface area contributed by atoms with E-state index in [1.165, 1.54) is 43.0 Å². The summed E-state index contributed by atoms with van der Waals surface area (Å²) in [6, 6.07) is 8.54. The van der Waals surface area contributed by atoms with Crippen molar-refractivity contribution >= 4 is 22.4 Å². The quantitative estimate of drug-likeness (QED) is 0.342. The number of aryl methyl sites for hydroxylation is 1. The lowest BCUT2D eigenvalue weighted by Crippen LogP contribution is -2.00. The molecule has 3 nitrogen and oxygen atoms in total. The molecule has 0 N–H and O–H groups in total. The lowest BCUT2D eigenvalue weighted by molar-refractivity contribution is -0.137. The lowest BCUT2D eigenvalue weighted by atomic mass is 10.1. The second kappa shape index (κ2) is 9.31. The second-order valence-corrected chi connectivity index (χ2v) is 6.28. The summed E-state index contributed by atoms with van der Waals surface area (Å²) >= 11 is 0. The van der Waals surface area contributed by atoms with Crippen molar-refractivity contribution in [2.75, 3.05) is 6.61 Å². The van der Waals surface area contributed by atoms with Crippen molar-refractivity contribution in [3.63, 3.8) is 0 Å².